The zero-order chi connectivity index (χ0) is 16.7. The number of halogens is 1. The Labute approximate surface area is 142 Å². The Morgan fingerprint density at radius 1 is 1.21 bits per heavy atom. The van der Waals surface area contributed by atoms with E-state index in [1.807, 2.05) is 25.2 Å². The van der Waals surface area contributed by atoms with E-state index in [0.717, 1.165) is 16.8 Å². The fourth-order valence-corrected chi connectivity index (χ4v) is 3.95. The van der Waals surface area contributed by atoms with Crippen molar-refractivity contribution in [1.29, 1.82) is 0 Å². The number of rotatable bonds is 2. The van der Waals surface area contributed by atoms with Gasteiger partial charge in [-0.25, -0.2) is 4.39 Å². The predicted octanol–water partition coefficient (Wildman–Crippen LogP) is 4.08. The highest BCUT2D eigenvalue weighted by Gasteiger charge is 2.27. The first-order valence-electron chi connectivity index (χ1n) is 7.48. The molecule has 0 fully saturated rings. The van der Waals surface area contributed by atoms with E-state index in [1.165, 1.54) is 29.2 Å². The van der Waals surface area contributed by atoms with E-state index in [0.29, 0.717) is 17.1 Å². The number of anilines is 1. The second-order valence-electron chi connectivity index (χ2n) is 5.55. The summed E-state index contributed by atoms with van der Waals surface area (Å²) in [6.07, 6.45) is 0. The third kappa shape index (κ3) is 2.49. The number of hydrogen-bond acceptors (Lipinski definition) is 3. The zero-order valence-corrected chi connectivity index (χ0v) is 13.7. The van der Waals surface area contributed by atoms with E-state index in [2.05, 4.69) is 16.5 Å². The lowest BCUT2D eigenvalue weighted by molar-refractivity contribution is 0.102. The lowest BCUT2D eigenvalue weighted by atomic mass is 10.1. The number of carbonyl (C=O) groups excluding carboxylic acids is 1. The molecule has 0 radical (unpaired) electrons. The molecule has 1 aromatic heterocycles. The fourth-order valence-electron chi connectivity index (χ4n) is 2.89. The van der Waals surface area contributed by atoms with Crippen molar-refractivity contribution in [2.45, 2.75) is 10.6 Å². The molecule has 4 rings (SSSR count). The Morgan fingerprint density at radius 2 is 1.96 bits per heavy atom. The average molecular weight is 339 g/mol. The fraction of sp³-hybridized carbons (Fsp3) is 0.111. The van der Waals surface area contributed by atoms with Gasteiger partial charge in [-0.15, -0.1) is 11.8 Å². The van der Waals surface area contributed by atoms with Crippen LogP contribution in [-0.2, 0) is 12.8 Å². The third-order valence-corrected chi connectivity index (χ3v) is 5.08. The topological polar surface area (TPSA) is 46.9 Å². The summed E-state index contributed by atoms with van der Waals surface area (Å²) in [4.78, 5) is 13.8. The van der Waals surface area contributed by atoms with Gasteiger partial charge in [-0.1, -0.05) is 18.2 Å². The van der Waals surface area contributed by atoms with Crippen molar-refractivity contribution in [3.05, 3.63) is 65.6 Å². The SMILES string of the molecule is Cn1nc(C(=O)Nc2ccc(F)cc2)c2c1-c1ccccc1SC2. The molecule has 0 saturated heterocycles. The Kier molecular flexibility index (Phi) is 3.61. The van der Waals surface area contributed by atoms with Crippen LogP contribution < -0.4 is 5.32 Å². The minimum atomic E-state index is -0.337. The van der Waals surface area contributed by atoms with Crippen molar-refractivity contribution >= 4 is 23.4 Å². The van der Waals surface area contributed by atoms with E-state index in [4.69, 9.17) is 0 Å². The number of nitrogens with one attached hydrogen (secondary N) is 1. The lowest BCUT2D eigenvalue weighted by Gasteiger charge is -2.16. The van der Waals surface area contributed by atoms with Gasteiger partial charge < -0.3 is 5.32 Å². The number of amides is 1. The Morgan fingerprint density at radius 3 is 2.75 bits per heavy atom. The number of benzene rings is 2. The molecular formula is C18H14FN3OS. The van der Waals surface area contributed by atoms with Crippen molar-refractivity contribution in [2.75, 3.05) is 5.32 Å². The number of carbonyl (C=O) groups is 1. The summed E-state index contributed by atoms with van der Waals surface area (Å²) in [5, 5.41) is 7.20. The van der Waals surface area contributed by atoms with Crippen LogP contribution in [0.2, 0.25) is 0 Å². The Hall–Kier alpha value is -2.60. The maximum Gasteiger partial charge on any atom is 0.276 e. The van der Waals surface area contributed by atoms with Gasteiger partial charge in [0.05, 0.1) is 5.69 Å². The molecule has 2 heterocycles. The normalized spacial score (nSPS) is 12.4. The van der Waals surface area contributed by atoms with Gasteiger partial charge in [0, 0.05) is 34.5 Å². The average Bonchev–Trinajstić information content (AvgIpc) is 2.94. The number of thioether (sulfide) groups is 1. The summed E-state index contributed by atoms with van der Waals surface area (Å²) < 4.78 is 14.7. The second kappa shape index (κ2) is 5.79. The molecular weight excluding hydrogens is 325 g/mol. The van der Waals surface area contributed by atoms with Gasteiger partial charge in [0.1, 0.15) is 5.82 Å². The van der Waals surface area contributed by atoms with Crippen molar-refractivity contribution < 1.29 is 9.18 Å². The summed E-state index contributed by atoms with van der Waals surface area (Å²) in [6, 6.07) is 13.8. The molecule has 3 aromatic rings. The van der Waals surface area contributed by atoms with E-state index in [1.54, 1.807) is 16.4 Å². The Balaban J connectivity index is 1.71. The molecule has 0 bridgehead atoms. The molecule has 24 heavy (non-hydrogen) atoms. The van der Waals surface area contributed by atoms with Crippen LogP contribution in [0.3, 0.4) is 0 Å². The van der Waals surface area contributed by atoms with Crippen LogP contribution in [0.4, 0.5) is 10.1 Å². The molecule has 4 nitrogen and oxygen atoms in total. The highest BCUT2D eigenvalue weighted by atomic mass is 32.2. The Bertz CT molecular complexity index is 934. The van der Waals surface area contributed by atoms with Gasteiger partial charge in [0.25, 0.3) is 5.91 Å². The minimum Gasteiger partial charge on any atom is -0.321 e. The molecule has 0 saturated carbocycles. The monoisotopic (exact) mass is 339 g/mol. The quantitative estimate of drug-likeness (QED) is 0.765. The van der Waals surface area contributed by atoms with Crippen LogP contribution in [0.1, 0.15) is 16.1 Å². The number of aromatic nitrogens is 2. The van der Waals surface area contributed by atoms with E-state index in [-0.39, 0.29) is 11.7 Å². The second-order valence-corrected chi connectivity index (χ2v) is 6.56. The van der Waals surface area contributed by atoms with Gasteiger partial charge in [0.2, 0.25) is 0 Å². The van der Waals surface area contributed by atoms with Crippen molar-refractivity contribution in [3.63, 3.8) is 0 Å². The summed E-state index contributed by atoms with van der Waals surface area (Å²) >= 11 is 1.70. The molecule has 1 N–H and O–H groups in total. The van der Waals surface area contributed by atoms with Crippen LogP contribution >= 0.6 is 11.8 Å². The number of fused-ring (bicyclic) bond motifs is 3. The molecule has 6 heteroatoms. The van der Waals surface area contributed by atoms with Crippen LogP contribution in [0.15, 0.2) is 53.4 Å². The minimum absolute atomic E-state index is 0.279. The number of nitrogens with zero attached hydrogens (tertiary/aromatic N) is 2. The molecule has 1 amide bonds. The summed E-state index contributed by atoms with van der Waals surface area (Å²) in [7, 11) is 1.85. The molecule has 1 aliphatic heterocycles. The largest absolute Gasteiger partial charge is 0.321 e. The maximum absolute atomic E-state index is 13.0. The van der Waals surface area contributed by atoms with Crippen molar-refractivity contribution in [1.82, 2.24) is 9.78 Å². The van der Waals surface area contributed by atoms with Crippen molar-refractivity contribution in [2.24, 2.45) is 7.05 Å². The van der Waals surface area contributed by atoms with Gasteiger partial charge in [-0.05, 0) is 30.3 Å². The summed E-state index contributed by atoms with van der Waals surface area (Å²) in [5.74, 6) is 0.0847. The van der Waals surface area contributed by atoms with Crippen molar-refractivity contribution in [3.8, 4) is 11.3 Å². The van der Waals surface area contributed by atoms with Crippen LogP contribution in [-0.4, -0.2) is 15.7 Å². The van der Waals surface area contributed by atoms with Crippen LogP contribution in [0, 0.1) is 5.82 Å². The van der Waals surface area contributed by atoms with Gasteiger partial charge in [-0.2, -0.15) is 5.10 Å². The zero-order valence-electron chi connectivity index (χ0n) is 12.9. The molecule has 0 spiro atoms. The van der Waals surface area contributed by atoms with Crippen LogP contribution in [0.5, 0.6) is 0 Å². The standard InChI is InChI=1S/C18H14FN3OS/c1-22-17-13-4-2-3-5-15(13)24-10-14(17)16(21-22)18(23)20-12-8-6-11(19)7-9-12/h2-9H,10H2,1H3,(H,20,23). The van der Waals surface area contributed by atoms with Gasteiger partial charge in [-0.3, -0.25) is 9.48 Å². The molecule has 0 unspecified atom stereocenters. The highest BCUT2D eigenvalue weighted by Crippen LogP contribution is 2.42. The van der Waals surface area contributed by atoms with E-state index < -0.39 is 0 Å². The number of aryl methyl sites for hydroxylation is 1. The first-order valence-corrected chi connectivity index (χ1v) is 8.47. The van der Waals surface area contributed by atoms with Gasteiger partial charge >= 0.3 is 0 Å². The summed E-state index contributed by atoms with van der Waals surface area (Å²) in [5.41, 5.74) is 3.97. The molecule has 2 aromatic carbocycles. The maximum atomic E-state index is 13.0. The first kappa shape index (κ1) is 15.0. The third-order valence-electron chi connectivity index (χ3n) is 3.98. The molecule has 120 valence electrons. The van der Waals surface area contributed by atoms with E-state index >= 15 is 0 Å². The van der Waals surface area contributed by atoms with E-state index in [9.17, 15) is 9.18 Å². The first-order chi connectivity index (χ1) is 11.6. The predicted molar refractivity (Wildman–Crippen MR) is 92.6 cm³/mol. The number of hydrogen-bond donors (Lipinski definition) is 1. The summed E-state index contributed by atoms with van der Waals surface area (Å²) in [6.45, 7) is 0. The van der Waals surface area contributed by atoms with Crippen LogP contribution in [0.25, 0.3) is 11.3 Å². The molecule has 0 atom stereocenters. The van der Waals surface area contributed by atoms with Gasteiger partial charge in [0.15, 0.2) is 5.69 Å². The highest BCUT2D eigenvalue weighted by molar-refractivity contribution is 7.98. The molecule has 0 aliphatic carbocycles. The lowest BCUT2D eigenvalue weighted by Crippen LogP contribution is -2.15. The smallest absolute Gasteiger partial charge is 0.276 e. The molecule has 1 aliphatic rings.